The second-order valence-electron chi connectivity index (χ2n) is 3.99. The fraction of sp³-hybridized carbons (Fsp3) is 0.250. The van der Waals surface area contributed by atoms with E-state index in [4.69, 9.17) is 0 Å². The average molecular weight is 303 g/mol. The molecule has 3 N–H and O–H groups in total. The van der Waals surface area contributed by atoms with E-state index in [0.717, 1.165) is 0 Å². The molecular weight excluding hydrogens is 291 g/mol. The van der Waals surface area contributed by atoms with Crippen molar-refractivity contribution in [3.8, 4) is 0 Å². The zero-order chi connectivity index (χ0) is 16.0. The highest BCUT2D eigenvalue weighted by atomic mass is 19.4. The van der Waals surface area contributed by atoms with Gasteiger partial charge in [0.15, 0.2) is 0 Å². The molecule has 0 aromatic heterocycles. The van der Waals surface area contributed by atoms with E-state index in [9.17, 15) is 27.6 Å². The first kappa shape index (κ1) is 16.5. The number of carbonyl (C=O) groups is 3. The van der Waals surface area contributed by atoms with Gasteiger partial charge in [0.25, 0.3) is 0 Å². The van der Waals surface area contributed by atoms with Crippen LogP contribution >= 0.6 is 0 Å². The summed E-state index contributed by atoms with van der Waals surface area (Å²) in [4.78, 5) is 32.8. The van der Waals surface area contributed by atoms with E-state index in [1.165, 1.54) is 30.4 Å². The Kier molecular flexibility index (Phi) is 5.28. The lowest BCUT2D eigenvalue weighted by atomic mass is 10.2. The van der Waals surface area contributed by atoms with Crippen molar-refractivity contribution in [2.75, 3.05) is 17.2 Å². The maximum Gasteiger partial charge on any atom is 0.471 e. The van der Waals surface area contributed by atoms with Gasteiger partial charge in [-0.2, -0.15) is 13.2 Å². The number of rotatable bonds is 4. The molecule has 1 rings (SSSR count). The third-order valence-electron chi connectivity index (χ3n) is 2.13. The van der Waals surface area contributed by atoms with Crippen molar-refractivity contribution in [1.29, 1.82) is 0 Å². The highest BCUT2D eigenvalue weighted by Crippen LogP contribution is 2.15. The molecule has 3 amide bonds. The number of amides is 3. The van der Waals surface area contributed by atoms with Crippen LogP contribution in [0, 0.1) is 0 Å². The number of alkyl halides is 3. The van der Waals surface area contributed by atoms with Crippen LogP contribution in [0.5, 0.6) is 0 Å². The molecule has 1 aromatic carbocycles. The Labute approximate surface area is 117 Å². The first-order valence-electron chi connectivity index (χ1n) is 5.71. The Balaban J connectivity index is 2.55. The Morgan fingerprint density at radius 1 is 1.10 bits per heavy atom. The Hall–Kier alpha value is -2.58. The van der Waals surface area contributed by atoms with Crippen LogP contribution in [0.3, 0.4) is 0 Å². The smallest absolute Gasteiger partial charge is 0.339 e. The zero-order valence-corrected chi connectivity index (χ0v) is 10.9. The molecule has 114 valence electrons. The minimum absolute atomic E-state index is 0.271. The lowest BCUT2D eigenvalue weighted by Gasteiger charge is -2.09. The molecule has 0 bridgehead atoms. The third kappa shape index (κ3) is 5.93. The predicted molar refractivity (Wildman–Crippen MR) is 68.4 cm³/mol. The topological polar surface area (TPSA) is 87.3 Å². The van der Waals surface area contributed by atoms with Gasteiger partial charge in [0.1, 0.15) is 0 Å². The number of nitrogens with one attached hydrogen (secondary N) is 3. The molecule has 0 saturated heterocycles. The number of hydrogen-bond acceptors (Lipinski definition) is 3. The Morgan fingerprint density at radius 2 is 1.67 bits per heavy atom. The van der Waals surface area contributed by atoms with Crippen molar-refractivity contribution in [3.63, 3.8) is 0 Å². The van der Waals surface area contributed by atoms with Crippen molar-refractivity contribution in [2.45, 2.75) is 13.1 Å². The normalized spacial score (nSPS) is 10.7. The summed E-state index contributed by atoms with van der Waals surface area (Å²) in [6, 6.07) is 6.01. The molecule has 0 aliphatic heterocycles. The van der Waals surface area contributed by atoms with E-state index in [1.807, 2.05) is 0 Å². The molecule has 0 unspecified atom stereocenters. The first-order chi connectivity index (χ1) is 9.68. The molecule has 9 heteroatoms. The average Bonchev–Trinajstić information content (AvgIpc) is 2.34. The fourth-order valence-corrected chi connectivity index (χ4v) is 1.34. The van der Waals surface area contributed by atoms with Gasteiger partial charge in [-0.05, 0) is 18.2 Å². The fourth-order valence-electron chi connectivity index (χ4n) is 1.34. The Bertz CT molecular complexity index is 558. The molecule has 6 nitrogen and oxygen atoms in total. The molecule has 0 saturated carbocycles. The van der Waals surface area contributed by atoms with E-state index in [0.29, 0.717) is 5.69 Å². The summed E-state index contributed by atoms with van der Waals surface area (Å²) < 4.78 is 35.8. The molecule has 0 spiro atoms. The molecule has 0 radical (unpaired) electrons. The highest BCUT2D eigenvalue weighted by Gasteiger charge is 2.38. The molecule has 0 heterocycles. The molecule has 0 fully saturated rings. The third-order valence-corrected chi connectivity index (χ3v) is 2.13. The number of benzene rings is 1. The molecular formula is C12H12F3N3O3. The maximum absolute atomic E-state index is 11.9. The van der Waals surface area contributed by atoms with Gasteiger partial charge in [0, 0.05) is 18.3 Å². The minimum Gasteiger partial charge on any atom is -0.339 e. The van der Waals surface area contributed by atoms with E-state index >= 15 is 0 Å². The van der Waals surface area contributed by atoms with Gasteiger partial charge in [-0.1, -0.05) is 6.07 Å². The second-order valence-corrected chi connectivity index (χ2v) is 3.99. The predicted octanol–water partition coefficient (Wildman–Crippen LogP) is 1.26. The molecule has 0 aliphatic carbocycles. The lowest BCUT2D eigenvalue weighted by Crippen LogP contribution is -2.41. The quantitative estimate of drug-likeness (QED) is 0.782. The van der Waals surface area contributed by atoms with E-state index < -0.39 is 24.5 Å². The van der Waals surface area contributed by atoms with Crippen molar-refractivity contribution in [2.24, 2.45) is 0 Å². The summed E-state index contributed by atoms with van der Waals surface area (Å²) >= 11 is 0. The zero-order valence-electron chi connectivity index (χ0n) is 10.9. The van der Waals surface area contributed by atoms with E-state index in [1.54, 1.807) is 6.07 Å². The summed E-state index contributed by atoms with van der Waals surface area (Å²) in [6.07, 6.45) is -5.04. The largest absolute Gasteiger partial charge is 0.471 e. The van der Waals surface area contributed by atoms with Gasteiger partial charge >= 0.3 is 12.1 Å². The lowest BCUT2D eigenvalue weighted by molar-refractivity contribution is -0.173. The van der Waals surface area contributed by atoms with E-state index in [2.05, 4.69) is 10.6 Å². The van der Waals surface area contributed by atoms with Crippen molar-refractivity contribution >= 4 is 29.1 Å². The molecule has 1 aromatic rings. The van der Waals surface area contributed by atoms with Crippen LogP contribution in [-0.2, 0) is 14.4 Å². The second kappa shape index (κ2) is 6.73. The van der Waals surface area contributed by atoms with Crippen LogP contribution in [0.25, 0.3) is 0 Å². The van der Waals surface area contributed by atoms with Crippen LogP contribution in [0.2, 0.25) is 0 Å². The summed E-state index contributed by atoms with van der Waals surface area (Å²) in [6.45, 7) is 0.487. The summed E-state index contributed by atoms with van der Waals surface area (Å²) in [5.74, 6) is -3.33. The van der Waals surface area contributed by atoms with Crippen molar-refractivity contribution in [1.82, 2.24) is 5.32 Å². The summed E-state index contributed by atoms with van der Waals surface area (Å²) in [7, 11) is 0. The van der Waals surface area contributed by atoms with Crippen LogP contribution < -0.4 is 16.0 Å². The van der Waals surface area contributed by atoms with Crippen molar-refractivity contribution < 1.29 is 27.6 Å². The van der Waals surface area contributed by atoms with Gasteiger partial charge in [-0.3, -0.25) is 14.4 Å². The summed E-state index contributed by atoms with van der Waals surface area (Å²) in [5, 5.41) is 6.21. The highest BCUT2D eigenvalue weighted by molar-refractivity contribution is 5.96. The van der Waals surface area contributed by atoms with Crippen molar-refractivity contribution in [3.05, 3.63) is 24.3 Å². The van der Waals surface area contributed by atoms with Gasteiger partial charge in [-0.25, -0.2) is 0 Å². The van der Waals surface area contributed by atoms with Crippen LogP contribution in [-0.4, -0.2) is 30.4 Å². The summed E-state index contributed by atoms with van der Waals surface area (Å²) in [5.41, 5.74) is 0.687. The molecule has 0 aliphatic rings. The van der Waals surface area contributed by atoms with E-state index in [-0.39, 0.29) is 11.6 Å². The van der Waals surface area contributed by atoms with Crippen LogP contribution in [0.1, 0.15) is 6.92 Å². The molecule has 21 heavy (non-hydrogen) atoms. The standard InChI is InChI=1S/C12H12F3N3O3/c1-7(19)17-8-3-2-4-9(5-8)18-10(20)6-16-11(21)12(13,14)15/h2-5H,6H2,1H3,(H,16,21)(H,17,19)(H,18,20). The molecule has 0 atom stereocenters. The minimum atomic E-state index is -5.04. The van der Waals surface area contributed by atoms with Gasteiger partial charge in [-0.15, -0.1) is 0 Å². The van der Waals surface area contributed by atoms with Crippen LogP contribution in [0.4, 0.5) is 24.5 Å². The monoisotopic (exact) mass is 303 g/mol. The number of halogens is 3. The number of carbonyl (C=O) groups excluding carboxylic acids is 3. The maximum atomic E-state index is 11.9. The first-order valence-corrected chi connectivity index (χ1v) is 5.71. The Morgan fingerprint density at radius 3 is 2.19 bits per heavy atom. The number of hydrogen-bond donors (Lipinski definition) is 3. The van der Waals surface area contributed by atoms with Gasteiger partial charge in [0.05, 0.1) is 6.54 Å². The van der Waals surface area contributed by atoms with Gasteiger partial charge < -0.3 is 16.0 Å². The number of anilines is 2. The van der Waals surface area contributed by atoms with Gasteiger partial charge in [0.2, 0.25) is 11.8 Å². The SMILES string of the molecule is CC(=O)Nc1cccc(NC(=O)CNC(=O)C(F)(F)F)c1. The van der Waals surface area contributed by atoms with Crippen LogP contribution in [0.15, 0.2) is 24.3 Å².